The summed E-state index contributed by atoms with van der Waals surface area (Å²) in [6.07, 6.45) is 3.75. The number of aliphatic hydroxyl groups is 1. The van der Waals surface area contributed by atoms with Gasteiger partial charge in [0.25, 0.3) is 0 Å². The molecule has 0 aliphatic heterocycles. The summed E-state index contributed by atoms with van der Waals surface area (Å²) in [5.41, 5.74) is 0. The number of rotatable bonds is 2. The molecule has 0 fully saturated rings. The molecule has 0 saturated heterocycles. The van der Waals surface area contributed by atoms with E-state index in [1.54, 1.807) is 7.11 Å². The molecule has 0 aliphatic rings. The first-order valence-corrected chi connectivity index (χ1v) is 3.09. The van der Waals surface area contributed by atoms with E-state index in [2.05, 4.69) is 9.72 Å². The molecule has 2 N–H and O–H groups in total. The van der Waals surface area contributed by atoms with Gasteiger partial charge in [-0.05, 0) is 12.1 Å². The number of aromatic amines is 1. The van der Waals surface area contributed by atoms with Crippen LogP contribution >= 0.6 is 0 Å². The van der Waals surface area contributed by atoms with E-state index in [9.17, 15) is 0 Å². The van der Waals surface area contributed by atoms with Crippen LogP contribution in [-0.2, 0) is 4.74 Å². The van der Waals surface area contributed by atoms with Crippen LogP contribution in [0, 0.1) is 0 Å². The zero-order chi connectivity index (χ0) is 7.66. The third-order valence-electron chi connectivity index (χ3n) is 0.791. The second-order valence-corrected chi connectivity index (χ2v) is 1.60. The van der Waals surface area contributed by atoms with Crippen molar-refractivity contribution in [2.24, 2.45) is 0 Å². The normalized spacial score (nSPS) is 8.20. The lowest BCUT2D eigenvalue weighted by Gasteiger charge is -1.84. The van der Waals surface area contributed by atoms with E-state index < -0.39 is 0 Å². The fraction of sp³-hybridized carbons (Fsp3) is 0.429. The molecule has 0 saturated carbocycles. The molecule has 0 unspecified atom stereocenters. The number of methoxy groups -OCH3 is 1. The average Bonchev–Trinajstić information content (AvgIpc) is 2.44. The Kier molecular flexibility index (Phi) is 7.54. The van der Waals surface area contributed by atoms with Crippen LogP contribution in [0.2, 0.25) is 0 Å². The molecule has 1 aromatic heterocycles. The Morgan fingerprint density at radius 3 is 2.10 bits per heavy atom. The van der Waals surface area contributed by atoms with Gasteiger partial charge in [-0.1, -0.05) is 0 Å². The summed E-state index contributed by atoms with van der Waals surface area (Å²) >= 11 is 0. The van der Waals surface area contributed by atoms with Gasteiger partial charge in [0.1, 0.15) is 0 Å². The van der Waals surface area contributed by atoms with Crippen LogP contribution in [0.5, 0.6) is 0 Å². The SMILES string of the molecule is COCCO.c1cc[nH]c1. The Balaban J connectivity index is 0.000000162. The smallest absolute Gasteiger partial charge is 0.0693 e. The number of aliphatic hydroxyl groups excluding tert-OH is 1. The van der Waals surface area contributed by atoms with Gasteiger partial charge in [-0.3, -0.25) is 0 Å². The molecule has 3 heteroatoms. The quantitative estimate of drug-likeness (QED) is 0.638. The van der Waals surface area contributed by atoms with E-state index in [0.29, 0.717) is 6.61 Å². The minimum absolute atomic E-state index is 0.122. The summed E-state index contributed by atoms with van der Waals surface area (Å²) in [6, 6.07) is 3.89. The van der Waals surface area contributed by atoms with Gasteiger partial charge in [0, 0.05) is 19.5 Å². The molecular weight excluding hydrogens is 130 g/mol. The molecule has 10 heavy (non-hydrogen) atoms. The number of ether oxygens (including phenoxy) is 1. The predicted octanol–water partition coefficient (Wildman–Crippen LogP) is 0.640. The van der Waals surface area contributed by atoms with Crippen molar-refractivity contribution in [2.45, 2.75) is 0 Å². The number of hydrogen-bond acceptors (Lipinski definition) is 2. The fourth-order valence-electron chi connectivity index (χ4n) is 0.369. The van der Waals surface area contributed by atoms with Gasteiger partial charge in [0.05, 0.1) is 13.2 Å². The largest absolute Gasteiger partial charge is 0.394 e. The molecule has 0 atom stereocenters. The van der Waals surface area contributed by atoms with Crippen LogP contribution in [0.25, 0.3) is 0 Å². The fourth-order valence-corrected chi connectivity index (χ4v) is 0.369. The molecule has 58 valence electrons. The highest BCUT2D eigenvalue weighted by Crippen LogP contribution is 1.72. The lowest BCUT2D eigenvalue weighted by molar-refractivity contribution is 0.135. The molecule has 0 spiro atoms. The van der Waals surface area contributed by atoms with E-state index in [4.69, 9.17) is 5.11 Å². The van der Waals surface area contributed by atoms with Gasteiger partial charge in [-0.2, -0.15) is 0 Å². The summed E-state index contributed by atoms with van der Waals surface area (Å²) in [7, 11) is 1.55. The van der Waals surface area contributed by atoms with Gasteiger partial charge in [0.2, 0.25) is 0 Å². The molecule has 0 aliphatic carbocycles. The van der Waals surface area contributed by atoms with E-state index in [-0.39, 0.29) is 6.61 Å². The maximum absolute atomic E-state index is 7.94. The maximum Gasteiger partial charge on any atom is 0.0693 e. The monoisotopic (exact) mass is 143 g/mol. The minimum Gasteiger partial charge on any atom is -0.394 e. The second-order valence-electron chi connectivity index (χ2n) is 1.60. The van der Waals surface area contributed by atoms with Crippen LogP contribution in [0.15, 0.2) is 24.5 Å². The Morgan fingerprint density at radius 2 is 2.00 bits per heavy atom. The molecule has 0 amide bonds. The van der Waals surface area contributed by atoms with Crippen molar-refractivity contribution in [1.29, 1.82) is 0 Å². The summed E-state index contributed by atoms with van der Waals surface area (Å²) < 4.78 is 4.44. The van der Waals surface area contributed by atoms with E-state index >= 15 is 0 Å². The summed E-state index contributed by atoms with van der Waals surface area (Å²) in [6.45, 7) is 0.566. The highest BCUT2D eigenvalue weighted by molar-refractivity contribution is 4.84. The van der Waals surface area contributed by atoms with Gasteiger partial charge in [-0.15, -0.1) is 0 Å². The summed E-state index contributed by atoms with van der Waals surface area (Å²) in [5.74, 6) is 0. The number of hydrogen-bond donors (Lipinski definition) is 2. The Bertz CT molecular complexity index is 97.9. The molecule has 1 rings (SSSR count). The van der Waals surface area contributed by atoms with Crippen LogP contribution < -0.4 is 0 Å². The number of nitrogens with one attached hydrogen (secondary N) is 1. The lowest BCUT2D eigenvalue weighted by Crippen LogP contribution is -1.91. The standard InChI is InChI=1S/C4H5N.C3H8O2/c1-2-4-5-3-1;1-5-3-2-4/h1-5H;4H,2-3H2,1H3. The average molecular weight is 143 g/mol. The first-order chi connectivity index (χ1) is 4.91. The van der Waals surface area contributed by atoms with Crippen LogP contribution in [0.3, 0.4) is 0 Å². The maximum atomic E-state index is 7.94. The van der Waals surface area contributed by atoms with Gasteiger partial charge >= 0.3 is 0 Å². The second kappa shape index (κ2) is 8.20. The minimum atomic E-state index is 0.122. The predicted molar refractivity (Wildman–Crippen MR) is 39.8 cm³/mol. The van der Waals surface area contributed by atoms with E-state index in [1.165, 1.54) is 0 Å². The van der Waals surface area contributed by atoms with Crippen molar-refractivity contribution in [1.82, 2.24) is 4.98 Å². The van der Waals surface area contributed by atoms with Crippen molar-refractivity contribution in [3.63, 3.8) is 0 Å². The van der Waals surface area contributed by atoms with Crippen LogP contribution in [0.1, 0.15) is 0 Å². The van der Waals surface area contributed by atoms with Crippen LogP contribution in [0.4, 0.5) is 0 Å². The molecule has 1 aromatic rings. The Hall–Kier alpha value is -0.800. The van der Waals surface area contributed by atoms with Gasteiger partial charge in [-0.25, -0.2) is 0 Å². The first kappa shape index (κ1) is 9.20. The lowest BCUT2D eigenvalue weighted by atomic mass is 10.7. The molecule has 0 bridgehead atoms. The Labute approximate surface area is 60.6 Å². The van der Waals surface area contributed by atoms with Crippen molar-refractivity contribution in [2.75, 3.05) is 20.3 Å². The van der Waals surface area contributed by atoms with Crippen molar-refractivity contribution in [3.05, 3.63) is 24.5 Å². The zero-order valence-corrected chi connectivity index (χ0v) is 6.08. The van der Waals surface area contributed by atoms with Crippen molar-refractivity contribution in [3.8, 4) is 0 Å². The van der Waals surface area contributed by atoms with Gasteiger partial charge < -0.3 is 14.8 Å². The third kappa shape index (κ3) is 7.20. The van der Waals surface area contributed by atoms with Gasteiger partial charge in [0.15, 0.2) is 0 Å². The molecule has 3 nitrogen and oxygen atoms in total. The molecule has 1 heterocycles. The molecular formula is C7H13NO2. The third-order valence-corrected chi connectivity index (χ3v) is 0.791. The van der Waals surface area contributed by atoms with Crippen molar-refractivity contribution >= 4 is 0 Å². The first-order valence-electron chi connectivity index (χ1n) is 3.09. The Morgan fingerprint density at radius 1 is 1.40 bits per heavy atom. The topological polar surface area (TPSA) is 45.2 Å². The molecule has 0 aromatic carbocycles. The van der Waals surface area contributed by atoms with E-state index in [1.807, 2.05) is 24.5 Å². The zero-order valence-electron chi connectivity index (χ0n) is 6.08. The summed E-state index contributed by atoms with van der Waals surface area (Å²) in [5, 5.41) is 7.94. The number of H-pyrrole nitrogens is 1. The highest BCUT2D eigenvalue weighted by Gasteiger charge is 1.67. The number of aromatic nitrogens is 1. The van der Waals surface area contributed by atoms with Crippen LogP contribution in [-0.4, -0.2) is 30.4 Å². The van der Waals surface area contributed by atoms with E-state index in [0.717, 1.165) is 0 Å². The summed E-state index contributed by atoms with van der Waals surface area (Å²) in [4.78, 5) is 2.86. The van der Waals surface area contributed by atoms with Crippen molar-refractivity contribution < 1.29 is 9.84 Å². The molecule has 0 radical (unpaired) electrons. The highest BCUT2D eigenvalue weighted by atomic mass is 16.5.